The van der Waals surface area contributed by atoms with Gasteiger partial charge < -0.3 is 19.7 Å². The van der Waals surface area contributed by atoms with Crippen molar-refractivity contribution in [2.75, 3.05) is 20.4 Å². The largest absolute Gasteiger partial charge is 0.411 e. The van der Waals surface area contributed by atoms with Crippen molar-refractivity contribution >= 4 is 6.21 Å². The number of rotatable bonds is 4. The van der Waals surface area contributed by atoms with Crippen molar-refractivity contribution in [2.45, 2.75) is 26.9 Å². The number of hydrogen-bond donors (Lipinski definition) is 1. The van der Waals surface area contributed by atoms with Crippen LogP contribution < -0.4 is 0 Å². The third-order valence-corrected chi connectivity index (χ3v) is 2.23. The molecule has 5 nitrogen and oxygen atoms in total. The van der Waals surface area contributed by atoms with Gasteiger partial charge in [-0.05, 0) is 5.41 Å². The molecule has 0 saturated heterocycles. The van der Waals surface area contributed by atoms with Crippen LogP contribution in [-0.4, -0.2) is 47.8 Å². The van der Waals surface area contributed by atoms with Crippen LogP contribution in [0.3, 0.4) is 0 Å². The molecule has 16 heavy (non-hydrogen) atoms. The molecule has 0 bridgehead atoms. The molecule has 1 unspecified atom stereocenters. The zero-order chi connectivity index (χ0) is 12.2. The molecular formula is C11H21N3O2. The number of ether oxygens (including phenoxy) is 1. The summed E-state index contributed by atoms with van der Waals surface area (Å²) in [5, 5.41) is 11.6. The first-order chi connectivity index (χ1) is 7.44. The Morgan fingerprint density at radius 3 is 2.69 bits per heavy atom. The summed E-state index contributed by atoms with van der Waals surface area (Å²) in [5.74, 6) is 0. The van der Waals surface area contributed by atoms with Gasteiger partial charge in [-0.3, -0.25) is 0 Å². The Morgan fingerprint density at radius 1 is 1.44 bits per heavy atom. The first-order valence-electron chi connectivity index (χ1n) is 5.35. The summed E-state index contributed by atoms with van der Waals surface area (Å²) in [7, 11) is 1.92. The molecule has 5 heteroatoms. The summed E-state index contributed by atoms with van der Waals surface area (Å²) in [4.78, 5) is 3.91. The van der Waals surface area contributed by atoms with Crippen LogP contribution in [0.15, 0.2) is 17.6 Å². The molecule has 0 aromatic carbocycles. The highest BCUT2D eigenvalue weighted by Crippen LogP contribution is 2.15. The molecule has 92 valence electrons. The fourth-order valence-electron chi connectivity index (χ4n) is 1.43. The molecule has 0 saturated carbocycles. The minimum Gasteiger partial charge on any atom is -0.411 e. The average molecular weight is 227 g/mol. The van der Waals surface area contributed by atoms with E-state index in [1.54, 1.807) is 0 Å². The van der Waals surface area contributed by atoms with Gasteiger partial charge in [-0.2, -0.15) is 0 Å². The minimum atomic E-state index is -0.0648. The van der Waals surface area contributed by atoms with Gasteiger partial charge in [-0.1, -0.05) is 25.9 Å². The first-order valence-corrected chi connectivity index (χ1v) is 5.35. The van der Waals surface area contributed by atoms with E-state index in [-0.39, 0.29) is 11.6 Å². The van der Waals surface area contributed by atoms with Gasteiger partial charge in [0.1, 0.15) is 12.9 Å². The highest BCUT2D eigenvalue weighted by molar-refractivity contribution is 5.64. The van der Waals surface area contributed by atoms with Crippen molar-refractivity contribution in [1.29, 1.82) is 0 Å². The van der Waals surface area contributed by atoms with Gasteiger partial charge in [0.2, 0.25) is 0 Å². The number of hydrogen-bond acceptors (Lipinski definition) is 5. The molecule has 0 spiro atoms. The Balaban J connectivity index is 2.39. The lowest BCUT2D eigenvalue weighted by molar-refractivity contribution is 0.000566. The van der Waals surface area contributed by atoms with Crippen molar-refractivity contribution in [1.82, 2.24) is 9.80 Å². The van der Waals surface area contributed by atoms with Gasteiger partial charge in [0.05, 0.1) is 12.8 Å². The average Bonchev–Trinajstić information content (AvgIpc) is 2.48. The summed E-state index contributed by atoms with van der Waals surface area (Å²) < 4.78 is 5.61. The molecule has 0 aromatic rings. The van der Waals surface area contributed by atoms with Crippen LogP contribution >= 0.6 is 0 Å². The van der Waals surface area contributed by atoms with E-state index in [0.29, 0.717) is 13.3 Å². The van der Waals surface area contributed by atoms with Crippen LogP contribution in [0.2, 0.25) is 0 Å². The maximum Gasteiger partial charge on any atom is 0.142 e. The minimum absolute atomic E-state index is 0.0648. The lowest BCUT2D eigenvalue weighted by atomic mass is 9.99. The topological polar surface area (TPSA) is 48.3 Å². The van der Waals surface area contributed by atoms with Crippen LogP contribution in [0.25, 0.3) is 0 Å². The third kappa shape index (κ3) is 3.73. The Morgan fingerprint density at radius 2 is 2.12 bits per heavy atom. The lowest BCUT2D eigenvalue weighted by Crippen LogP contribution is -2.39. The Kier molecular flexibility index (Phi) is 4.18. The van der Waals surface area contributed by atoms with Crippen molar-refractivity contribution in [2.24, 2.45) is 10.6 Å². The monoisotopic (exact) mass is 227 g/mol. The molecule has 0 radical (unpaired) electrons. The van der Waals surface area contributed by atoms with E-state index in [0.717, 1.165) is 0 Å². The maximum atomic E-state index is 8.56. The highest BCUT2D eigenvalue weighted by Gasteiger charge is 2.22. The zero-order valence-electron chi connectivity index (χ0n) is 10.4. The molecule has 1 N–H and O–H groups in total. The van der Waals surface area contributed by atoms with Gasteiger partial charge in [0, 0.05) is 19.4 Å². The van der Waals surface area contributed by atoms with E-state index in [2.05, 4.69) is 25.9 Å². The first kappa shape index (κ1) is 12.8. The predicted molar refractivity (Wildman–Crippen MR) is 63.1 cm³/mol. The second-order valence-electron chi connectivity index (χ2n) is 5.19. The predicted octanol–water partition coefficient (Wildman–Crippen LogP) is 1.51. The van der Waals surface area contributed by atoms with Gasteiger partial charge in [0.25, 0.3) is 0 Å². The Bertz CT molecular complexity index is 271. The molecular weight excluding hydrogens is 206 g/mol. The summed E-state index contributed by atoms with van der Waals surface area (Å²) in [6.45, 7) is 7.58. The van der Waals surface area contributed by atoms with Crippen molar-refractivity contribution < 1.29 is 9.94 Å². The van der Waals surface area contributed by atoms with Crippen LogP contribution in [0.5, 0.6) is 0 Å². The van der Waals surface area contributed by atoms with Gasteiger partial charge in [0.15, 0.2) is 0 Å². The van der Waals surface area contributed by atoms with Gasteiger partial charge in [-0.15, -0.1) is 0 Å². The molecule has 0 fully saturated rings. The Hall–Kier alpha value is -1.23. The molecule has 1 aliphatic heterocycles. The van der Waals surface area contributed by atoms with Crippen LogP contribution in [-0.2, 0) is 4.74 Å². The standard InChI is InChI=1S/C11H21N3O2/c1-11(2,3)8-16-9-14-6-5-13(4)10(14)7-12-15/h5-7,10,15H,8-9H2,1-4H3/b12-7-. The molecule has 1 rings (SSSR count). The van der Waals surface area contributed by atoms with E-state index >= 15 is 0 Å². The second kappa shape index (κ2) is 5.21. The molecule has 1 atom stereocenters. The molecule has 0 aromatic heterocycles. The fourth-order valence-corrected chi connectivity index (χ4v) is 1.43. The molecule has 1 aliphatic rings. The lowest BCUT2D eigenvalue weighted by Gasteiger charge is -2.28. The van der Waals surface area contributed by atoms with Gasteiger partial charge >= 0.3 is 0 Å². The molecule has 1 heterocycles. The summed E-state index contributed by atoms with van der Waals surface area (Å²) in [5.41, 5.74) is 0.163. The van der Waals surface area contributed by atoms with E-state index < -0.39 is 0 Å². The SMILES string of the molecule is CN1C=CN(COCC(C)(C)C)C1/C=N\O. The third-order valence-electron chi connectivity index (χ3n) is 2.23. The van der Waals surface area contributed by atoms with Crippen LogP contribution in [0.1, 0.15) is 20.8 Å². The van der Waals surface area contributed by atoms with E-state index in [9.17, 15) is 0 Å². The normalized spacial score (nSPS) is 21.4. The number of nitrogens with zero attached hydrogens (tertiary/aromatic N) is 3. The van der Waals surface area contributed by atoms with E-state index in [1.165, 1.54) is 6.21 Å². The zero-order valence-corrected chi connectivity index (χ0v) is 10.4. The van der Waals surface area contributed by atoms with E-state index in [4.69, 9.17) is 9.94 Å². The number of oxime groups is 1. The smallest absolute Gasteiger partial charge is 0.142 e. The quantitative estimate of drug-likeness (QED) is 0.449. The Labute approximate surface area is 97.0 Å². The molecule has 0 aliphatic carbocycles. The van der Waals surface area contributed by atoms with Crippen LogP contribution in [0, 0.1) is 5.41 Å². The fraction of sp³-hybridized carbons (Fsp3) is 0.727. The van der Waals surface area contributed by atoms with Crippen LogP contribution in [0.4, 0.5) is 0 Å². The van der Waals surface area contributed by atoms with Crippen molar-refractivity contribution in [3.8, 4) is 0 Å². The second-order valence-corrected chi connectivity index (χ2v) is 5.19. The van der Waals surface area contributed by atoms with Gasteiger partial charge in [-0.25, -0.2) is 0 Å². The molecule has 0 amide bonds. The summed E-state index contributed by atoms with van der Waals surface area (Å²) in [6.07, 6.45) is 5.26. The van der Waals surface area contributed by atoms with Crippen molar-refractivity contribution in [3.63, 3.8) is 0 Å². The van der Waals surface area contributed by atoms with E-state index in [1.807, 2.05) is 29.2 Å². The highest BCUT2D eigenvalue weighted by atomic mass is 16.5. The summed E-state index contributed by atoms with van der Waals surface area (Å²) in [6, 6.07) is 0. The summed E-state index contributed by atoms with van der Waals surface area (Å²) >= 11 is 0. The van der Waals surface area contributed by atoms with Crippen molar-refractivity contribution in [3.05, 3.63) is 12.4 Å². The maximum absolute atomic E-state index is 8.56.